The topological polar surface area (TPSA) is 67.6 Å². The van der Waals surface area contributed by atoms with Gasteiger partial charge in [0.15, 0.2) is 0 Å². The number of hydrogen-bond donors (Lipinski definition) is 2. The summed E-state index contributed by atoms with van der Waals surface area (Å²) in [5, 5.41) is 2.99. The summed E-state index contributed by atoms with van der Waals surface area (Å²) >= 11 is 0. The number of methoxy groups -OCH3 is 1. The van der Waals surface area contributed by atoms with Crippen LogP contribution in [0.4, 0.5) is 5.69 Å². The number of anilines is 1. The van der Waals surface area contributed by atoms with E-state index in [4.69, 9.17) is 10.5 Å². The van der Waals surface area contributed by atoms with Crippen LogP contribution in [0.15, 0.2) is 18.2 Å². The van der Waals surface area contributed by atoms with Crippen LogP contribution < -0.4 is 15.8 Å². The summed E-state index contributed by atoms with van der Waals surface area (Å²) in [5.74, 6) is 0.424. The molecule has 1 atom stereocenters. The van der Waals surface area contributed by atoms with Gasteiger partial charge in [-0.05, 0) is 44.1 Å². The number of carbonyl (C=O) groups excluding carboxylic acids is 1. The van der Waals surface area contributed by atoms with Crippen molar-refractivity contribution in [3.63, 3.8) is 0 Å². The van der Waals surface area contributed by atoms with Gasteiger partial charge in [0.05, 0.1) is 12.7 Å². The monoisotopic (exact) mass is 277 g/mol. The largest absolute Gasteiger partial charge is 0.496 e. The zero-order valence-electron chi connectivity index (χ0n) is 12.2. The SMILES string of the molecule is CCN1CCC[C@H]1CNC(=O)c1cc(N)ccc1OC. The summed E-state index contributed by atoms with van der Waals surface area (Å²) in [5.41, 5.74) is 6.79. The molecule has 1 heterocycles. The zero-order chi connectivity index (χ0) is 14.5. The third-order valence-corrected chi connectivity index (χ3v) is 3.87. The fraction of sp³-hybridized carbons (Fsp3) is 0.533. The Morgan fingerprint density at radius 1 is 1.55 bits per heavy atom. The molecule has 2 rings (SSSR count). The number of ether oxygens (including phenoxy) is 1. The Hall–Kier alpha value is -1.75. The Morgan fingerprint density at radius 2 is 2.35 bits per heavy atom. The van der Waals surface area contributed by atoms with Crippen LogP contribution in [0.2, 0.25) is 0 Å². The fourth-order valence-corrected chi connectivity index (χ4v) is 2.75. The van der Waals surface area contributed by atoms with Crippen LogP contribution in [0.1, 0.15) is 30.1 Å². The minimum atomic E-state index is -0.128. The number of nitrogens with one attached hydrogen (secondary N) is 1. The Morgan fingerprint density at radius 3 is 3.05 bits per heavy atom. The number of carbonyl (C=O) groups is 1. The maximum Gasteiger partial charge on any atom is 0.255 e. The van der Waals surface area contributed by atoms with Gasteiger partial charge in [-0.2, -0.15) is 0 Å². The molecule has 0 bridgehead atoms. The third kappa shape index (κ3) is 3.22. The molecular weight excluding hydrogens is 254 g/mol. The molecule has 0 radical (unpaired) electrons. The van der Waals surface area contributed by atoms with Gasteiger partial charge >= 0.3 is 0 Å². The van der Waals surface area contributed by atoms with E-state index in [1.807, 2.05) is 0 Å². The molecule has 20 heavy (non-hydrogen) atoms. The van der Waals surface area contributed by atoms with E-state index >= 15 is 0 Å². The lowest BCUT2D eigenvalue weighted by Crippen LogP contribution is -2.40. The van der Waals surface area contributed by atoms with Crippen LogP contribution in [-0.2, 0) is 0 Å². The highest BCUT2D eigenvalue weighted by atomic mass is 16.5. The summed E-state index contributed by atoms with van der Waals surface area (Å²) in [4.78, 5) is 14.7. The Bertz CT molecular complexity index is 476. The maximum atomic E-state index is 12.3. The molecule has 5 nitrogen and oxygen atoms in total. The van der Waals surface area contributed by atoms with Crippen LogP contribution in [0.25, 0.3) is 0 Å². The van der Waals surface area contributed by atoms with Crippen molar-refractivity contribution in [2.24, 2.45) is 0 Å². The van der Waals surface area contributed by atoms with Crippen LogP contribution in [-0.4, -0.2) is 43.6 Å². The van der Waals surface area contributed by atoms with Gasteiger partial charge in [0.2, 0.25) is 0 Å². The molecule has 5 heteroatoms. The Balaban J connectivity index is 2.00. The second-order valence-corrected chi connectivity index (χ2v) is 5.09. The Kier molecular flexibility index (Phi) is 4.84. The molecule has 0 spiro atoms. The predicted octanol–water partition coefficient (Wildman–Crippen LogP) is 1.49. The van der Waals surface area contributed by atoms with Gasteiger partial charge in [-0.15, -0.1) is 0 Å². The number of likely N-dealkylation sites (tertiary alicyclic amines) is 1. The van der Waals surface area contributed by atoms with Gasteiger partial charge in [0, 0.05) is 18.3 Å². The van der Waals surface area contributed by atoms with Gasteiger partial charge in [-0.1, -0.05) is 6.92 Å². The van der Waals surface area contributed by atoms with Gasteiger partial charge in [0.25, 0.3) is 5.91 Å². The molecule has 3 N–H and O–H groups in total. The van der Waals surface area contributed by atoms with Crippen LogP contribution in [0, 0.1) is 0 Å². The summed E-state index contributed by atoms with van der Waals surface area (Å²) in [7, 11) is 1.55. The van der Waals surface area contributed by atoms with Crippen molar-refractivity contribution in [1.82, 2.24) is 10.2 Å². The maximum absolute atomic E-state index is 12.3. The lowest BCUT2D eigenvalue weighted by Gasteiger charge is -2.23. The summed E-state index contributed by atoms with van der Waals surface area (Å²) < 4.78 is 5.21. The van der Waals surface area contributed by atoms with E-state index in [2.05, 4.69) is 17.1 Å². The highest BCUT2D eigenvalue weighted by molar-refractivity contribution is 5.97. The molecule has 1 aromatic rings. The average molecular weight is 277 g/mol. The first-order valence-electron chi connectivity index (χ1n) is 7.11. The molecule has 1 fully saturated rings. The van der Waals surface area contributed by atoms with E-state index in [0.717, 1.165) is 19.5 Å². The first kappa shape index (κ1) is 14.7. The Labute approximate surface area is 120 Å². The van der Waals surface area contributed by atoms with Crippen molar-refractivity contribution < 1.29 is 9.53 Å². The first-order valence-corrected chi connectivity index (χ1v) is 7.11. The molecule has 1 aliphatic heterocycles. The molecule has 1 aromatic carbocycles. The second kappa shape index (κ2) is 6.61. The minimum absolute atomic E-state index is 0.128. The van der Waals surface area contributed by atoms with Crippen molar-refractivity contribution in [2.75, 3.05) is 32.5 Å². The third-order valence-electron chi connectivity index (χ3n) is 3.87. The van der Waals surface area contributed by atoms with Crippen molar-refractivity contribution in [3.8, 4) is 5.75 Å². The smallest absolute Gasteiger partial charge is 0.255 e. The van der Waals surface area contributed by atoms with E-state index in [0.29, 0.717) is 29.6 Å². The molecule has 0 aliphatic carbocycles. The lowest BCUT2D eigenvalue weighted by molar-refractivity contribution is 0.0938. The summed E-state index contributed by atoms with van der Waals surface area (Å²) in [6.45, 7) is 4.98. The van der Waals surface area contributed by atoms with E-state index in [1.165, 1.54) is 6.42 Å². The molecule has 1 aliphatic rings. The second-order valence-electron chi connectivity index (χ2n) is 5.09. The van der Waals surface area contributed by atoms with Crippen LogP contribution in [0.5, 0.6) is 5.75 Å². The normalized spacial score (nSPS) is 19.0. The molecule has 0 aromatic heterocycles. The molecule has 1 saturated heterocycles. The van der Waals surface area contributed by atoms with Gasteiger partial charge < -0.3 is 15.8 Å². The number of rotatable bonds is 5. The highest BCUT2D eigenvalue weighted by Gasteiger charge is 2.23. The summed E-state index contributed by atoms with van der Waals surface area (Å²) in [6, 6.07) is 5.54. The van der Waals surface area contributed by atoms with Crippen LogP contribution in [0.3, 0.4) is 0 Å². The molecule has 1 amide bonds. The number of nitrogen functional groups attached to an aromatic ring is 1. The molecule has 0 unspecified atom stereocenters. The fourth-order valence-electron chi connectivity index (χ4n) is 2.75. The number of nitrogens with zero attached hydrogens (tertiary/aromatic N) is 1. The minimum Gasteiger partial charge on any atom is -0.496 e. The zero-order valence-corrected chi connectivity index (χ0v) is 12.2. The van der Waals surface area contributed by atoms with Gasteiger partial charge in [-0.25, -0.2) is 0 Å². The van der Waals surface area contributed by atoms with E-state index in [-0.39, 0.29) is 5.91 Å². The van der Waals surface area contributed by atoms with Crippen molar-refractivity contribution in [2.45, 2.75) is 25.8 Å². The quantitative estimate of drug-likeness (QED) is 0.800. The average Bonchev–Trinajstić information content (AvgIpc) is 2.92. The summed E-state index contributed by atoms with van der Waals surface area (Å²) in [6.07, 6.45) is 2.35. The number of benzene rings is 1. The van der Waals surface area contributed by atoms with Crippen molar-refractivity contribution in [1.29, 1.82) is 0 Å². The van der Waals surface area contributed by atoms with E-state index in [9.17, 15) is 4.79 Å². The number of amides is 1. The van der Waals surface area contributed by atoms with Crippen molar-refractivity contribution in [3.05, 3.63) is 23.8 Å². The predicted molar refractivity (Wildman–Crippen MR) is 80.0 cm³/mol. The van der Waals surface area contributed by atoms with Gasteiger partial charge in [-0.3, -0.25) is 9.69 Å². The molecule has 0 saturated carbocycles. The standard InChI is InChI=1S/C15H23N3O2/c1-3-18-8-4-5-12(18)10-17-15(19)13-9-11(16)6-7-14(13)20-2/h6-7,9,12H,3-5,8,10,16H2,1-2H3,(H,17,19)/t12-/m0/s1. The molecular formula is C15H23N3O2. The van der Waals surface area contributed by atoms with Crippen LogP contribution >= 0.6 is 0 Å². The highest BCUT2D eigenvalue weighted by Crippen LogP contribution is 2.21. The first-order chi connectivity index (χ1) is 9.65. The number of likely N-dealkylation sites (N-methyl/N-ethyl adjacent to an activating group) is 1. The van der Waals surface area contributed by atoms with Crippen molar-refractivity contribution >= 4 is 11.6 Å². The van der Waals surface area contributed by atoms with Gasteiger partial charge in [0.1, 0.15) is 5.75 Å². The van der Waals surface area contributed by atoms with E-state index in [1.54, 1.807) is 25.3 Å². The number of nitrogens with two attached hydrogens (primary N) is 1. The lowest BCUT2D eigenvalue weighted by atomic mass is 10.1. The van der Waals surface area contributed by atoms with E-state index < -0.39 is 0 Å². The molecule has 110 valence electrons. The number of hydrogen-bond acceptors (Lipinski definition) is 4.